The van der Waals surface area contributed by atoms with Gasteiger partial charge in [-0.05, 0) is 12.1 Å². The lowest BCUT2D eigenvalue weighted by Crippen LogP contribution is -2.42. The van der Waals surface area contributed by atoms with Gasteiger partial charge in [0.15, 0.2) is 0 Å². The molecule has 1 aromatic carbocycles. The fraction of sp³-hybridized carbons (Fsp3) is 0.200. The minimum atomic E-state index is -1.40. The molecule has 0 radical (unpaired) electrons. The zero-order chi connectivity index (χ0) is 13.0. The Kier molecular flexibility index (Phi) is 4.39. The van der Waals surface area contributed by atoms with Gasteiger partial charge in [-0.2, -0.15) is 0 Å². The third-order valence-corrected chi connectivity index (χ3v) is 2.26. The molecule has 1 amide bonds. The third-order valence-electron chi connectivity index (χ3n) is 1.95. The first kappa shape index (κ1) is 13.4. The van der Waals surface area contributed by atoms with Gasteiger partial charge in [0.25, 0.3) is 5.91 Å². The zero-order valence-electron chi connectivity index (χ0n) is 8.41. The molecule has 92 valence electrons. The van der Waals surface area contributed by atoms with E-state index >= 15 is 0 Å². The molecule has 0 bridgehead atoms. The summed E-state index contributed by atoms with van der Waals surface area (Å²) in [6.07, 6.45) is 0. The van der Waals surface area contributed by atoms with Crippen LogP contribution in [0.5, 0.6) is 0 Å². The number of rotatable bonds is 4. The number of carboxylic acids is 1. The lowest BCUT2D eigenvalue weighted by Gasteiger charge is -2.12. The Morgan fingerprint density at radius 1 is 1.35 bits per heavy atom. The number of nitrogens with one attached hydrogen (secondary N) is 1. The topological polar surface area (TPSA) is 66.4 Å². The molecule has 0 aliphatic rings. The van der Waals surface area contributed by atoms with Gasteiger partial charge in [-0.3, -0.25) is 4.79 Å². The van der Waals surface area contributed by atoms with Crippen LogP contribution >= 0.6 is 11.6 Å². The van der Waals surface area contributed by atoms with E-state index in [9.17, 15) is 18.4 Å². The fourth-order valence-electron chi connectivity index (χ4n) is 1.11. The summed E-state index contributed by atoms with van der Waals surface area (Å²) in [5, 5.41) is 10.5. The first-order chi connectivity index (χ1) is 7.97. The molecule has 0 aliphatic heterocycles. The van der Waals surface area contributed by atoms with Gasteiger partial charge in [-0.25, -0.2) is 13.6 Å². The highest BCUT2D eigenvalue weighted by atomic mass is 35.5. The van der Waals surface area contributed by atoms with Gasteiger partial charge < -0.3 is 10.4 Å². The summed E-state index contributed by atoms with van der Waals surface area (Å²) in [7, 11) is 0. The number of alkyl halides is 1. The Morgan fingerprint density at radius 2 is 1.88 bits per heavy atom. The molecular weight excluding hydrogens is 256 g/mol. The molecule has 0 heterocycles. The van der Waals surface area contributed by atoms with E-state index in [1.165, 1.54) is 0 Å². The summed E-state index contributed by atoms with van der Waals surface area (Å²) in [5.41, 5.74) is -0.830. The number of carboxylic acid groups (broad SMARTS) is 1. The van der Waals surface area contributed by atoms with Crippen molar-refractivity contribution in [1.82, 2.24) is 5.32 Å². The van der Waals surface area contributed by atoms with Crippen molar-refractivity contribution in [3.8, 4) is 0 Å². The summed E-state index contributed by atoms with van der Waals surface area (Å²) >= 11 is 5.29. The maximum atomic E-state index is 13.2. The number of halogens is 3. The third kappa shape index (κ3) is 3.13. The molecule has 0 saturated carbocycles. The monoisotopic (exact) mass is 263 g/mol. The van der Waals surface area contributed by atoms with E-state index in [0.29, 0.717) is 0 Å². The molecule has 0 aromatic heterocycles. The number of benzene rings is 1. The van der Waals surface area contributed by atoms with Gasteiger partial charge in [0.05, 0.1) is 5.88 Å². The van der Waals surface area contributed by atoms with Crippen LogP contribution in [0.25, 0.3) is 0 Å². The van der Waals surface area contributed by atoms with Crippen molar-refractivity contribution in [2.75, 3.05) is 5.88 Å². The smallest absolute Gasteiger partial charge is 0.327 e. The molecule has 0 saturated heterocycles. The molecule has 7 heteroatoms. The standard InChI is InChI=1S/C10H8ClF2NO3/c11-4-7(10(16)17)14-9(15)8-5(12)2-1-3-6(8)13/h1-3,7H,4H2,(H,14,15)(H,16,17). The minimum Gasteiger partial charge on any atom is -0.480 e. The number of hydrogen-bond acceptors (Lipinski definition) is 2. The number of hydrogen-bond donors (Lipinski definition) is 2. The van der Waals surface area contributed by atoms with Gasteiger partial charge in [0.1, 0.15) is 23.2 Å². The van der Waals surface area contributed by atoms with Gasteiger partial charge in [-0.15, -0.1) is 11.6 Å². The van der Waals surface area contributed by atoms with Crippen LogP contribution in [0.2, 0.25) is 0 Å². The summed E-state index contributed by atoms with van der Waals surface area (Å²) in [6, 6.07) is 1.49. The molecule has 0 fully saturated rings. The molecule has 0 aliphatic carbocycles. The minimum absolute atomic E-state index is 0.406. The van der Waals surface area contributed by atoms with E-state index in [1.54, 1.807) is 0 Å². The zero-order valence-corrected chi connectivity index (χ0v) is 9.17. The second-order valence-corrected chi connectivity index (χ2v) is 3.42. The van der Waals surface area contributed by atoms with Crippen molar-refractivity contribution in [3.05, 3.63) is 35.4 Å². The number of aliphatic carboxylic acids is 1. The molecule has 1 rings (SSSR count). The average molecular weight is 264 g/mol. The maximum absolute atomic E-state index is 13.2. The van der Waals surface area contributed by atoms with E-state index in [4.69, 9.17) is 16.7 Å². The number of carbonyl (C=O) groups is 2. The molecule has 4 nitrogen and oxygen atoms in total. The van der Waals surface area contributed by atoms with E-state index in [1.807, 2.05) is 5.32 Å². The molecule has 2 N–H and O–H groups in total. The van der Waals surface area contributed by atoms with Crippen LogP contribution < -0.4 is 5.32 Å². The van der Waals surface area contributed by atoms with Crippen molar-refractivity contribution in [2.45, 2.75) is 6.04 Å². The Labute approximate surface area is 100 Å². The van der Waals surface area contributed by atoms with Gasteiger partial charge in [0.2, 0.25) is 0 Å². The summed E-state index contributed by atoms with van der Waals surface area (Å²) in [4.78, 5) is 22.0. The Balaban J connectivity index is 2.94. The van der Waals surface area contributed by atoms with Crippen LogP contribution in [0.15, 0.2) is 18.2 Å². The predicted octanol–water partition coefficient (Wildman–Crippen LogP) is 1.39. The fourth-order valence-corrected chi connectivity index (χ4v) is 1.32. The largest absolute Gasteiger partial charge is 0.480 e. The highest BCUT2D eigenvalue weighted by Crippen LogP contribution is 2.12. The van der Waals surface area contributed by atoms with Crippen molar-refractivity contribution < 1.29 is 23.5 Å². The van der Waals surface area contributed by atoms with Crippen LogP contribution in [0, 0.1) is 11.6 Å². The highest BCUT2D eigenvalue weighted by molar-refractivity contribution is 6.20. The first-order valence-corrected chi connectivity index (χ1v) is 5.04. The van der Waals surface area contributed by atoms with Gasteiger partial charge >= 0.3 is 5.97 Å². The molecule has 17 heavy (non-hydrogen) atoms. The van der Waals surface area contributed by atoms with E-state index in [0.717, 1.165) is 18.2 Å². The van der Waals surface area contributed by atoms with E-state index < -0.39 is 41.0 Å². The second kappa shape index (κ2) is 5.58. The van der Waals surface area contributed by atoms with Crippen LogP contribution in [0.3, 0.4) is 0 Å². The van der Waals surface area contributed by atoms with Gasteiger partial charge in [-0.1, -0.05) is 6.07 Å². The molecule has 0 spiro atoms. The predicted molar refractivity (Wildman–Crippen MR) is 56.0 cm³/mol. The van der Waals surface area contributed by atoms with Crippen molar-refractivity contribution in [1.29, 1.82) is 0 Å². The van der Waals surface area contributed by atoms with Crippen LogP contribution in [-0.4, -0.2) is 28.9 Å². The van der Waals surface area contributed by atoms with Gasteiger partial charge in [0, 0.05) is 0 Å². The first-order valence-electron chi connectivity index (χ1n) is 4.51. The molecule has 1 aromatic rings. The Hall–Kier alpha value is -1.69. The quantitative estimate of drug-likeness (QED) is 0.807. The SMILES string of the molecule is O=C(NC(CCl)C(=O)O)c1c(F)cccc1F. The van der Waals surface area contributed by atoms with E-state index in [2.05, 4.69) is 0 Å². The molecule has 1 atom stereocenters. The second-order valence-electron chi connectivity index (χ2n) is 3.12. The molecular formula is C10H8ClF2NO3. The van der Waals surface area contributed by atoms with E-state index in [-0.39, 0.29) is 0 Å². The van der Waals surface area contributed by atoms with Crippen LogP contribution in [0.1, 0.15) is 10.4 Å². The number of carbonyl (C=O) groups excluding carboxylic acids is 1. The average Bonchev–Trinajstić information content (AvgIpc) is 2.25. The summed E-state index contributed by atoms with van der Waals surface area (Å²) < 4.78 is 26.4. The van der Waals surface area contributed by atoms with Crippen molar-refractivity contribution >= 4 is 23.5 Å². The Morgan fingerprint density at radius 3 is 2.29 bits per heavy atom. The van der Waals surface area contributed by atoms with Crippen LogP contribution in [-0.2, 0) is 4.79 Å². The molecule has 1 unspecified atom stereocenters. The summed E-state index contributed by atoms with van der Waals surface area (Å²) in [5.74, 6) is -5.09. The lowest BCUT2D eigenvalue weighted by atomic mass is 10.1. The lowest BCUT2D eigenvalue weighted by molar-refractivity contribution is -0.138. The highest BCUT2D eigenvalue weighted by Gasteiger charge is 2.23. The summed E-state index contributed by atoms with van der Waals surface area (Å²) in [6.45, 7) is 0. The normalized spacial score (nSPS) is 11.9. The number of amides is 1. The Bertz CT molecular complexity index is 433. The maximum Gasteiger partial charge on any atom is 0.327 e. The van der Waals surface area contributed by atoms with Crippen LogP contribution in [0.4, 0.5) is 8.78 Å². The van der Waals surface area contributed by atoms with Crippen molar-refractivity contribution in [3.63, 3.8) is 0 Å². The van der Waals surface area contributed by atoms with Crippen molar-refractivity contribution in [2.24, 2.45) is 0 Å².